The number of hydrogen-bond acceptors (Lipinski definition) is 3. The van der Waals surface area contributed by atoms with Crippen LogP contribution in [-0.2, 0) is 12.8 Å². The third-order valence-corrected chi connectivity index (χ3v) is 4.81. The van der Waals surface area contributed by atoms with Crippen LogP contribution < -0.4 is 5.32 Å². The molecule has 1 aliphatic rings. The van der Waals surface area contributed by atoms with Gasteiger partial charge < -0.3 is 0 Å². The predicted molar refractivity (Wildman–Crippen MR) is 78.6 cm³/mol. The van der Waals surface area contributed by atoms with Crippen molar-refractivity contribution in [1.29, 1.82) is 0 Å². The number of carbonyl (C=O) groups is 1. The molecule has 1 aromatic heterocycles. The molecule has 0 saturated heterocycles. The Labute approximate surface area is 124 Å². The average Bonchev–Trinajstić information content (AvgIpc) is 2.93. The first-order valence-electron chi connectivity index (χ1n) is 5.88. The van der Waals surface area contributed by atoms with E-state index in [1.54, 1.807) is 29.5 Å². The van der Waals surface area contributed by atoms with E-state index < -0.39 is 0 Å². The number of benzene rings is 1. The first-order valence-corrected chi connectivity index (χ1v) is 7.46. The highest BCUT2D eigenvalue weighted by atomic mass is 35.5. The zero-order valence-electron chi connectivity index (χ0n) is 9.87. The lowest BCUT2D eigenvalue weighted by molar-refractivity contribution is 0.102. The Morgan fingerprint density at radius 3 is 2.84 bits per heavy atom. The maximum absolute atomic E-state index is 12.1. The number of anilines is 1. The first-order chi connectivity index (χ1) is 9.13. The molecule has 19 heavy (non-hydrogen) atoms. The van der Waals surface area contributed by atoms with Crippen LogP contribution in [0.2, 0.25) is 10.0 Å². The standard InChI is InChI=1S/C13H10Cl2N2OS/c14-8-5-4-7(6-9(8)15)12(18)17-13-16-10-2-1-3-11(10)19-13/h4-6H,1-3H2,(H,16,17,18). The third-order valence-electron chi connectivity index (χ3n) is 3.00. The van der Waals surface area contributed by atoms with Crippen molar-refractivity contribution in [3.8, 4) is 0 Å². The molecule has 0 saturated carbocycles. The molecule has 0 unspecified atom stereocenters. The van der Waals surface area contributed by atoms with E-state index in [1.807, 2.05) is 0 Å². The van der Waals surface area contributed by atoms with E-state index in [9.17, 15) is 4.79 Å². The number of fused-ring (bicyclic) bond motifs is 1. The van der Waals surface area contributed by atoms with Crippen LogP contribution in [0.3, 0.4) is 0 Å². The van der Waals surface area contributed by atoms with E-state index >= 15 is 0 Å². The van der Waals surface area contributed by atoms with Crippen molar-refractivity contribution in [2.75, 3.05) is 5.32 Å². The van der Waals surface area contributed by atoms with Crippen molar-refractivity contribution in [3.63, 3.8) is 0 Å². The van der Waals surface area contributed by atoms with Crippen molar-refractivity contribution in [2.45, 2.75) is 19.3 Å². The maximum atomic E-state index is 12.1. The largest absolute Gasteiger partial charge is 0.298 e. The van der Waals surface area contributed by atoms with Gasteiger partial charge in [-0.2, -0.15) is 0 Å². The van der Waals surface area contributed by atoms with Crippen LogP contribution in [0.4, 0.5) is 5.13 Å². The van der Waals surface area contributed by atoms with Gasteiger partial charge in [0.25, 0.3) is 5.91 Å². The SMILES string of the molecule is O=C(Nc1nc2c(s1)CCC2)c1ccc(Cl)c(Cl)c1. The molecule has 0 fully saturated rings. The fraction of sp³-hybridized carbons (Fsp3) is 0.231. The summed E-state index contributed by atoms with van der Waals surface area (Å²) in [5.74, 6) is -0.217. The zero-order chi connectivity index (χ0) is 13.4. The van der Waals surface area contributed by atoms with Gasteiger partial charge >= 0.3 is 0 Å². The van der Waals surface area contributed by atoms with E-state index in [0.717, 1.165) is 25.0 Å². The van der Waals surface area contributed by atoms with E-state index in [4.69, 9.17) is 23.2 Å². The van der Waals surface area contributed by atoms with Crippen LogP contribution in [0.15, 0.2) is 18.2 Å². The van der Waals surface area contributed by atoms with Crippen molar-refractivity contribution < 1.29 is 4.79 Å². The van der Waals surface area contributed by atoms with Crippen molar-refractivity contribution >= 4 is 45.6 Å². The van der Waals surface area contributed by atoms with Crippen LogP contribution in [0, 0.1) is 0 Å². The summed E-state index contributed by atoms with van der Waals surface area (Å²) in [7, 11) is 0. The van der Waals surface area contributed by atoms with E-state index in [-0.39, 0.29) is 5.91 Å². The lowest BCUT2D eigenvalue weighted by Gasteiger charge is -2.03. The van der Waals surface area contributed by atoms with E-state index in [2.05, 4.69) is 10.3 Å². The molecule has 0 spiro atoms. The minimum absolute atomic E-state index is 0.217. The Kier molecular flexibility index (Phi) is 3.48. The molecule has 1 heterocycles. The lowest BCUT2D eigenvalue weighted by atomic mass is 10.2. The van der Waals surface area contributed by atoms with Gasteiger partial charge in [-0.3, -0.25) is 10.1 Å². The molecule has 0 radical (unpaired) electrons. The summed E-state index contributed by atoms with van der Waals surface area (Å²) in [5.41, 5.74) is 1.60. The molecule has 98 valence electrons. The first kappa shape index (κ1) is 12.9. The summed E-state index contributed by atoms with van der Waals surface area (Å²) in [6, 6.07) is 4.81. The minimum atomic E-state index is -0.217. The summed E-state index contributed by atoms with van der Waals surface area (Å²) in [4.78, 5) is 17.8. The molecule has 1 amide bonds. The van der Waals surface area contributed by atoms with Gasteiger partial charge in [0.15, 0.2) is 5.13 Å². The molecular formula is C13H10Cl2N2OS. The van der Waals surface area contributed by atoms with E-state index in [1.165, 1.54) is 4.88 Å². The minimum Gasteiger partial charge on any atom is -0.298 e. The second kappa shape index (κ2) is 5.12. The third kappa shape index (κ3) is 2.61. The number of halogens is 2. The molecule has 3 rings (SSSR count). The number of nitrogens with zero attached hydrogens (tertiary/aromatic N) is 1. The molecule has 0 atom stereocenters. The van der Waals surface area contributed by atoms with Gasteiger partial charge in [-0.15, -0.1) is 11.3 Å². The summed E-state index contributed by atoms with van der Waals surface area (Å²) in [6.45, 7) is 0. The van der Waals surface area contributed by atoms with Crippen molar-refractivity contribution in [2.24, 2.45) is 0 Å². The van der Waals surface area contributed by atoms with Gasteiger partial charge in [0, 0.05) is 10.4 Å². The molecule has 1 aliphatic carbocycles. The highest BCUT2D eigenvalue weighted by Gasteiger charge is 2.18. The Hall–Kier alpha value is -1.10. The number of amides is 1. The number of carbonyl (C=O) groups excluding carboxylic acids is 1. The summed E-state index contributed by atoms with van der Waals surface area (Å²) in [5, 5.41) is 4.26. The summed E-state index contributed by atoms with van der Waals surface area (Å²) in [6.07, 6.45) is 3.24. The molecule has 2 aromatic rings. The summed E-state index contributed by atoms with van der Waals surface area (Å²) >= 11 is 13.3. The molecule has 1 N–H and O–H groups in total. The Morgan fingerprint density at radius 2 is 2.11 bits per heavy atom. The van der Waals surface area contributed by atoms with Crippen LogP contribution >= 0.6 is 34.5 Å². The molecule has 3 nitrogen and oxygen atoms in total. The van der Waals surface area contributed by atoms with Crippen LogP contribution in [0.25, 0.3) is 0 Å². The Balaban J connectivity index is 1.78. The maximum Gasteiger partial charge on any atom is 0.257 e. The highest BCUT2D eigenvalue weighted by molar-refractivity contribution is 7.16. The number of aromatic nitrogens is 1. The monoisotopic (exact) mass is 312 g/mol. The normalized spacial score (nSPS) is 13.4. The second-order valence-electron chi connectivity index (χ2n) is 4.33. The molecule has 1 aromatic carbocycles. The molecule has 0 bridgehead atoms. The highest BCUT2D eigenvalue weighted by Crippen LogP contribution is 2.31. The van der Waals surface area contributed by atoms with Gasteiger partial charge in [-0.05, 0) is 37.5 Å². The zero-order valence-corrected chi connectivity index (χ0v) is 12.2. The van der Waals surface area contributed by atoms with Gasteiger partial charge in [0.1, 0.15) is 0 Å². The number of rotatable bonds is 2. The second-order valence-corrected chi connectivity index (χ2v) is 6.22. The van der Waals surface area contributed by atoms with Gasteiger partial charge in [0.05, 0.1) is 15.7 Å². The van der Waals surface area contributed by atoms with Gasteiger partial charge in [-0.1, -0.05) is 23.2 Å². The van der Waals surface area contributed by atoms with Crippen LogP contribution in [0.5, 0.6) is 0 Å². The number of thiazole rings is 1. The van der Waals surface area contributed by atoms with Gasteiger partial charge in [-0.25, -0.2) is 4.98 Å². The van der Waals surface area contributed by atoms with Crippen molar-refractivity contribution in [1.82, 2.24) is 4.98 Å². The Bertz CT molecular complexity index is 633. The predicted octanol–water partition coefficient (Wildman–Crippen LogP) is 4.19. The quantitative estimate of drug-likeness (QED) is 0.903. The fourth-order valence-corrected chi connectivity index (χ4v) is 3.39. The number of hydrogen-bond donors (Lipinski definition) is 1. The molecular weight excluding hydrogens is 303 g/mol. The number of nitrogens with one attached hydrogen (secondary N) is 1. The van der Waals surface area contributed by atoms with Crippen LogP contribution in [0.1, 0.15) is 27.3 Å². The number of aryl methyl sites for hydroxylation is 2. The topological polar surface area (TPSA) is 42.0 Å². The average molecular weight is 313 g/mol. The summed E-state index contributed by atoms with van der Waals surface area (Å²) < 4.78 is 0. The Morgan fingerprint density at radius 1 is 1.26 bits per heavy atom. The molecule has 0 aliphatic heterocycles. The smallest absolute Gasteiger partial charge is 0.257 e. The van der Waals surface area contributed by atoms with Gasteiger partial charge in [0.2, 0.25) is 0 Å². The lowest BCUT2D eigenvalue weighted by Crippen LogP contribution is -2.11. The van der Waals surface area contributed by atoms with E-state index in [0.29, 0.717) is 20.7 Å². The molecule has 6 heteroatoms. The fourth-order valence-electron chi connectivity index (χ4n) is 2.05. The van der Waals surface area contributed by atoms with Crippen LogP contribution in [-0.4, -0.2) is 10.9 Å². The van der Waals surface area contributed by atoms with Crippen molar-refractivity contribution in [3.05, 3.63) is 44.4 Å².